The van der Waals surface area contributed by atoms with Gasteiger partial charge in [-0.2, -0.15) is 5.10 Å². The van der Waals surface area contributed by atoms with Crippen LogP contribution in [0.15, 0.2) is 30.3 Å². The minimum Gasteiger partial charge on any atom is -0.268 e. The van der Waals surface area contributed by atoms with Crippen LogP contribution in [-0.2, 0) is 6.54 Å². The lowest BCUT2D eigenvalue weighted by atomic mass is 9.89. The Morgan fingerprint density at radius 3 is 2.60 bits per heavy atom. The van der Waals surface area contributed by atoms with Crippen LogP contribution in [0.5, 0.6) is 0 Å². The van der Waals surface area contributed by atoms with E-state index < -0.39 is 0 Å². The topological polar surface area (TPSA) is 17.8 Å². The van der Waals surface area contributed by atoms with Gasteiger partial charge in [-0.3, -0.25) is 4.68 Å². The van der Waals surface area contributed by atoms with E-state index in [2.05, 4.69) is 70.9 Å². The zero-order chi connectivity index (χ0) is 13.9. The molecule has 0 spiro atoms. The monoisotopic (exact) mass is 379 g/mol. The summed E-state index contributed by atoms with van der Waals surface area (Å²) in [6.45, 7) is 3.27. The minimum atomic E-state index is 0.790. The molecule has 0 N–H and O–H groups in total. The third kappa shape index (κ3) is 2.92. The highest BCUT2D eigenvalue weighted by molar-refractivity contribution is 14.1. The van der Waals surface area contributed by atoms with Crippen molar-refractivity contribution in [2.24, 2.45) is 5.92 Å². The Morgan fingerprint density at radius 1 is 1.20 bits per heavy atom. The average molecular weight is 379 g/mol. The third-order valence-electron chi connectivity index (χ3n) is 4.22. The third-order valence-corrected chi connectivity index (χ3v) is 4.97. The SMILES string of the molecule is Cc1c(-c2ccccc2)c(I)nn1CC1CC[CH]CC1. The van der Waals surface area contributed by atoms with Crippen molar-refractivity contribution in [3.63, 3.8) is 0 Å². The summed E-state index contributed by atoms with van der Waals surface area (Å²) in [6, 6.07) is 10.6. The summed E-state index contributed by atoms with van der Waals surface area (Å²) in [5.74, 6) is 0.790. The second-order valence-corrected chi connectivity index (χ2v) is 6.63. The molecule has 0 amide bonds. The summed E-state index contributed by atoms with van der Waals surface area (Å²) >= 11 is 2.37. The van der Waals surface area contributed by atoms with Crippen molar-refractivity contribution >= 4 is 22.6 Å². The number of hydrogen-bond donors (Lipinski definition) is 0. The van der Waals surface area contributed by atoms with Crippen LogP contribution < -0.4 is 0 Å². The normalized spacial score (nSPS) is 16.5. The summed E-state index contributed by atoms with van der Waals surface area (Å²) in [7, 11) is 0. The standard InChI is InChI=1S/C17H20IN2/c1-13-16(15-10-6-3-7-11-15)17(18)19-20(13)12-14-8-4-2-5-9-14/h2-3,6-7,10-11,14H,4-5,8-9,12H2,1H3. The molecule has 20 heavy (non-hydrogen) atoms. The molecule has 1 fully saturated rings. The summed E-state index contributed by atoms with van der Waals surface area (Å²) in [4.78, 5) is 0. The van der Waals surface area contributed by atoms with Gasteiger partial charge in [0.05, 0.1) is 0 Å². The molecule has 3 heteroatoms. The molecule has 105 valence electrons. The first-order chi connectivity index (χ1) is 9.75. The summed E-state index contributed by atoms with van der Waals surface area (Å²) < 4.78 is 3.34. The van der Waals surface area contributed by atoms with Gasteiger partial charge in [0, 0.05) is 17.8 Å². The summed E-state index contributed by atoms with van der Waals surface area (Å²) in [5, 5.41) is 4.77. The average Bonchev–Trinajstić information content (AvgIpc) is 2.75. The van der Waals surface area contributed by atoms with Crippen molar-refractivity contribution in [1.82, 2.24) is 9.78 Å². The first-order valence-electron chi connectivity index (χ1n) is 7.35. The molecule has 0 unspecified atom stereocenters. The van der Waals surface area contributed by atoms with Crippen LogP contribution in [0.1, 0.15) is 31.4 Å². The lowest BCUT2D eigenvalue weighted by molar-refractivity contribution is 0.337. The van der Waals surface area contributed by atoms with Crippen molar-refractivity contribution in [3.8, 4) is 11.1 Å². The van der Waals surface area contributed by atoms with Crippen LogP contribution in [0, 0.1) is 23.0 Å². The second-order valence-electron chi connectivity index (χ2n) is 5.61. The number of halogens is 1. The predicted molar refractivity (Wildman–Crippen MR) is 91.4 cm³/mol. The lowest BCUT2D eigenvalue weighted by Crippen LogP contribution is -2.16. The van der Waals surface area contributed by atoms with Crippen LogP contribution in [0.4, 0.5) is 0 Å². The van der Waals surface area contributed by atoms with Crippen LogP contribution in [0.3, 0.4) is 0 Å². The van der Waals surface area contributed by atoms with Gasteiger partial charge in [-0.25, -0.2) is 0 Å². The van der Waals surface area contributed by atoms with E-state index >= 15 is 0 Å². The van der Waals surface area contributed by atoms with E-state index in [9.17, 15) is 0 Å². The molecular formula is C17H20IN2. The summed E-state index contributed by atoms with van der Waals surface area (Å²) in [5.41, 5.74) is 3.88. The molecule has 1 radical (unpaired) electrons. The Morgan fingerprint density at radius 2 is 1.90 bits per heavy atom. The first kappa shape index (κ1) is 14.1. The molecule has 0 saturated heterocycles. The highest BCUT2D eigenvalue weighted by atomic mass is 127. The van der Waals surface area contributed by atoms with E-state index in [1.165, 1.54) is 42.5 Å². The van der Waals surface area contributed by atoms with Gasteiger partial charge < -0.3 is 0 Å². The molecule has 0 bridgehead atoms. The van der Waals surface area contributed by atoms with E-state index in [-0.39, 0.29) is 0 Å². The van der Waals surface area contributed by atoms with E-state index in [1.54, 1.807) is 0 Å². The van der Waals surface area contributed by atoms with Gasteiger partial charge in [-0.15, -0.1) is 0 Å². The maximum atomic E-state index is 4.77. The quantitative estimate of drug-likeness (QED) is 0.697. The van der Waals surface area contributed by atoms with Gasteiger partial charge in [-0.1, -0.05) is 30.3 Å². The van der Waals surface area contributed by atoms with Gasteiger partial charge in [0.2, 0.25) is 0 Å². The van der Waals surface area contributed by atoms with E-state index in [1.807, 2.05) is 0 Å². The number of hydrogen-bond acceptors (Lipinski definition) is 1. The Bertz CT molecular complexity index is 568. The van der Waals surface area contributed by atoms with Gasteiger partial charge in [0.25, 0.3) is 0 Å². The number of nitrogens with zero attached hydrogens (tertiary/aromatic N) is 2. The molecule has 3 rings (SSSR count). The van der Waals surface area contributed by atoms with Gasteiger partial charge >= 0.3 is 0 Å². The highest BCUT2D eigenvalue weighted by Gasteiger charge is 2.19. The largest absolute Gasteiger partial charge is 0.268 e. The molecule has 1 aromatic carbocycles. The summed E-state index contributed by atoms with van der Waals surface area (Å²) in [6.07, 6.45) is 7.60. The fraction of sp³-hybridized carbons (Fsp3) is 0.412. The predicted octanol–water partition coefficient (Wildman–Crippen LogP) is 4.86. The lowest BCUT2D eigenvalue weighted by Gasteiger charge is -2.21. The Balaban J connectivity index is 1.87. The molecule has 0 atom stereocenters. The van der Waals surface area contributed by atoms with Crippen molar-refractivity contribution in [3.05, 3.63) is 46.1 Å². The highest BCUT2D eigenvalue weighted by Crippen LogP contribution is 2.30. The maximum absolute atomic E-state index is 4.77. The molecule has 1 aliphatic carbocycles. The number of rotatable bonds is 3. The fourth-order valence-corrected chi connectivity index (χ4v) is 4.00. The van der Waals surface area contributed by atoms with Crippen molar-refractivity contribution in [1.29, 1.82) is 0 Å². The smallest absolute Gasteiger partial charge is 0.131 e. The first-order valence-corrected chi connectivity index (χ1v) is 8.43. The molecule has 1 aliphatic rings. The Labute approximate surface area is 134 Å². The molecule has 0 aliphatic heterocycles. The van der Waals surface area contributed by atoms with Gasteiger partial charge in [0.1, 0.15) is 3.70 Å². The molecule has 2 aromatic rings. The number of benzene rings is 1. The van der Waals surface area contributed by atoms with E-state index in [0.717, 1.165) is 16.2 Å². The van der Waals surface area contributed by atoms with Crippen LogP contribution in [0.2, 0.25) is 0 Å². The Kier molecular flexibility index (Phi) is 4.44. The fourth-order valence-electron chi connectivity index (χ4n) is 3.04. The molecule has 1 aromatic heterocycles. The van der Waals surface area contributed by atoms with E-state index in [0.29, 0.717) is 0 Å². The Hall–Kier alpha value is -0.840. The minimum absolute atomic E-state index is 0.790. The molecule has 2 nitrogen and oxygen atoms in total. The molecule has 1 heterocycles. The van der Waals surface area contributed by atoms with Crippen LogP contribution in [0.25, 0.3) is 11.1 Å². The molecule has 1 saturated carbocycles. The maximum Gasteiger partial charge on any atom is 0.131 e. The van der Waals surface area contributed by atoms with E-state index in [4.69, 9.17) is 5.10 Å². The van der Waals surface area contributed by atoms with Crippen molar-refractivity contribution in [2.45, 2.75) is 39.2 Å². The number of aromatic nitrogens is 2. The van der Waals surface area contributed by atoms with Crippen LogP contribution in [-0.4, -0.2) is 9.78 Å². The molecular weight excluding hydrogens is 359 g/mol. The van der Waals surface area contributed by atoms with Crippen molar-refractivity contribution < 1.29 is 0 Å². The zero-order valence-electron chi connectivity index (χ0n) is 11.8. The zero-order valence-corrected chi connectivity index (χ0v) is 14.0. The van der Waals surface area contributed by atoms with Gasteiger partial charge in [0.15, 0.2) is 0 Å². The van der Waals surface area contributed by atoms with Gasteiger partial charge in [-0.05, 0) is 73.1 Å². The van der Waals surface area contributed by atoms with Crippen molar-refractivity contribution in [2.75, 3.05) is 0 Å². The van der Waals surface area contributed by atoms with Crippen LogP contribution >= 0.6 is 22.6 Å². The second kappa shape index (κ2) is 6.29.